The van der Waals surface area contributed by atoms with Gasteiger partial charge < -0.3 is 4.57 Å². The first-order valence-electron chi connectivity index (χ1n) is 8.33. The summed E-state index contributed by atoms with van der Waals surface area (Å²) in [6.45, 7) is 4.50. The highest BCUT2D eigenvalue weighted by Crippen LogP contribution is 2.25. The molecule has 0 aliphatic rings. The van der Waals surface area contributed by atoms with Crippen LogP contribution in [0.3, 0.4) is 0 Å². The first kappa shape index (κ1) is 18.2. The van der Waals surface area contributed by atoms with Gasteiger partial charge in [-0.05, 0) is 25.2 Å². The lowest BCUT2D eigenvalue weighted by atomic mass is 10.1. The van der Waals surface area contributed by atoms with Crippen molar-refractivity contribution in [3.05, 3.63) is 0 Å². The Morgan fingerprint density at radius 1 is 0.556 bits per heavy atom. The molecule has 0 fully saturated rings. The molecule has 18 heavy (non-hydrogen) atoms. The second kappa shape index (κ2) is 15.3. The molecule has 0 saturated carbocycles. The van der Waals surface area contributed by atoms with Crippen molar-refractivity contribution in [2.45, 2.75) is 90.9 Å². The van der Waals surface area contributed by atoms with Crippen LogP contribution in [0.4, 0.5) is 0 Å². The lowest BCUT2D eigenvalue weighted by Crippen LogP contribution is -1.87. The zero-order valence-corrected chi connectivity index (χ0v) is 13.8. The summed E-state index contributed by atoms with van der Waals surface area (Å²) in [5.41, 5.74) is 0. The Labute approximate surface area is 116 Å². The van der Waals surface area contributed by atoms with E-state index in [1.807, 2.05) is 0 Å². The predicted molar refractivity (Wildman–Crippen MR) is 85.5 cm³/mol. The standard InChI is InChI=1S/C16H35OP/c1-3-5-7-9-11-13-15-18(17)16-14-12-10-8-6-4-2/h18H,3-16H2,1-2H3. The normalized spacial score (nSPS) is 11.3. The third kappa shape index (κ3) is 14.3. The van der Waals surface area contributed by atoms with Crippen LogP contribution in [0.1, 0.15) is 90.9 Å². The van der Waals surface area contributed by atoms with E-state index in [9.17, 15) is 4.57 Å². The van der Waals surface area contributed by atoms with Crippen LogP contribution in [0.5, 0.6) is 0 Å². The summed E-state index contributed by atoms with van der Waals surface area (Å²) in [5, 5.41) is 0. The molecule has 0 amide bonds. The van der Waals surface area contributed by atoms with E-state index in [1.165, 1.54) is 77.0 Å². The fraction of sp³-hybridized carbons (Fsp3) is 1.00. The Balaban J connectivity index is 3.12. The molecule has 0 saturated heterocycles. The minimum atomic E-state index is -1.22. The summed E-state index contributed by atoms with van der Waals surface area (Å²) in [5.74, 6) is 0. The van der Waals surface area contributed by atoms with E-state index in [0.717, 1.165) is 12.3 Å². The highest BCUT2D eigenvalue weighted by Gasteiger charge is 2.00. The molecule has 2 heteroatoms. The van der Waals surface area contributed by atoms with Crippen LogP contribution < -0.4 is 0 Å². The number of hydrogen-bond acceptors (Lipinski definition) is 1. The summed E-state index contributed by atoms with van der Waals surface area (Å²) < 4.78 is 11.8. The van der Waals surface area contributed by atoms with Crippen molar-refractivity contribution in [3.8, 4) is 0 Å². The van der Waals surface area contributed by atoms with Crippen molar-refractivity contribution in [1.29, 1.82) is 0 Å². The van der Waals surface area contributed by atoms with E-state index >= 15 is 0 Å². The van der Waals surface area contributed by atoms with Crippen LogP contribution in [-0.2, 0) is 4.57 Å². The van der Waals surface area contributed by atoms with Gasteiger partial charge in [-0.3, -0.25) is 0 Å². The molecule has 1 nitrogen and oxygen atoms in total. The molecule has 0 unspecified atom stereocenters. The maximum absolute atomic E-state index is 11.8. The quantitative estimate of drug-likeness (QED) is 0.269. The highest BCUT2D eigenvalue weighted by atomic mass is 31.1. The molecule has 0 rings (SSSR count). The van der Waals surface area contributed by atoms with Gasteiger partial charge in [-0.15, -0.1) is 0 Å². The Morgan fingerprint density at radius 3 is 1.28 bits per heavy atom. The molecule has 0 spiro atoms. The highest BCUT2D eigenvalue weighted by molar-refractivity contribution is 7.44. The average Bonchev–Trinajstić information content (AvgIpc) is 2.38. The van der Waals surface area contributed by atoms with E-state index in [-0.39, 0.29) is 0 Å². The van der Waals surface area contributed by atoms with Gasteiger partial charge in [0.15, 0.2) is 0 Å². The van der Waals surface area contributed by atoms with Gasteiger partial charge in [0.1, 0.15) is 0 Å². The molecule has 0 radical (unpaired) electrons. The first-order valence-corrected chi connectivity index (χ1v) is 10.1. The maximum atomic E-state index is 11.8. The van der Waals surface area contributed by atoms with Crippen LogP contribution in [0.25, 0.3) is 0 Å². The van der Waals surface area contributed by atoms with Gasteiger partial charge in [-0.1, -0.05) is 78.1 Å². The van der Waals surface area contributed by atoms with Crippen molar-refractivity contribution in [2.75, 3.05) is 12.3 Å². The van der Waals surface area contributed by atoms with Gasteiger partial charge in [0.05, 0.1) is 7.80 Å². The average molecular weight is 274 g/mol. The fourth-order valence-corrected chi connectivity index (χ4v) is 3.87. The molecular weight excluding hydrogens is 239 g/mol. The topological polar surface area (TPSA) is 17.1 Å². The van der Waals surface area contributed by atoms with Gasteiger partial charge in [0, 0.05) is 0 Å². The smallest absolute Gasteiger partial charge is 0.0762 e. The number of unbranched alkanes of at least 4 members (excludes halogenated alkanes) is 10. The van der Waals surface area contributed by atoms with Gasteiger partial charge >= 0.3 is 0 Å². The molecule has 0 atom stereocenters. The molecule has 0 aromatic heterocycles. The molecule has 0 aliphatic carbocycles. The monoisotopic (exact) mass is 274 g/mol. The summed E-state index contributed by atoms with van der Waals surface area (Å²) >= 11 is 0. The van der Waals surface area contributed by atoms with E-state index in [4.69, 9.17) is 0 Å². The van der Waals surface area contributed by atoms with Gasteiger partial charge in [0.25, 0.3) is 0 Å². The zero-order valence-electron chi connectivity index (χ0n) is 12.8. The fourth-order valence-electron chi connectivity index (χ4n) is 2.33. The summed E-state index contributed by atoms with van der Waals surface area (Å²) in [7, 11) is -1.22. The third-order valence-electron chi connectivity index (χ3n) is 3.62. The van der Waals surface area contributed by atoms with Gasteiger partial charge in [0.2, 0.25) is 0 Å². The summed E-state index contributed by atoms with van der Waals surface area (Å²) in [4.78, 5) is 0. The Kier molecular flexibility index (Phi) is 15.5. The molecule has 110 valence electrons. The largest absolute Gasteiger partial charge is 0.327 e. The molecule has 0 aromatic carbocycles. The predicted octanol–water partition coefficient (Wildman–Crippen LogP) is 6.27. The van der Waals surface area contributed by atoms with Gasteiger partial charge in [-0.2, -0.15) is 0 Å². The summed E-state index contributed by atoms with van der Waals surface area (Å²) in [6.07, 6.45) is 17.8. The summed E-state index contributed by atoms with van der Waals surface area (Å²) in [6, 6.07) is 0. The van der Waals surface area contributed by atoms with Crippen molar-refractivity contribution in [1.82, 2.24) is 0 Å². The van der Waals surface area contributed by atoms with Crippen LogP contribution in [-0.4, -0.2) is 12.3 Å². The molecule has 0 bridgehead atoms. The van der Waals surface area contributed by atoms with E-state index < -0.39 is 7.80 Å². The van der Waals surface area contributed by atoms with Crippen molar-refractivity contribution in [2.24, 2.45) is 0 Å². The van der Waals surface area contributed by atoms with E-state index in [0.29, 0.717) is 0 Å². The SMILES string of the molecule is CCCCCCCC[PH](=O)CCCCCCCC. The Morgan fingerprint density at radius 2 is 0.889 bits per heavy atom. The molecule has 0 N–H and O–H groups in total. The van der Waals surface area contributed by atoms with E-state index in [2.05, 4.69) is 13.8 Å². The van der Waals surface area contributed by atoms with Crippen molar-refractivity contribution < 1.29 is 4.57 Å². The van der Waals surface area contributed by atoms with Crippen LogP contribution in [0.2, 0.25) is 0 Å². The van der Waals surface area contributed by atoms with E-state index in [1.54, 1.807) is 0 Å². The lowest BCUT2D eigenvalue weighted by molar-refractivity contribution is 0.574. The van der Waals surface area contributed by atoms with Crippen LogP contribution in [0, 0.1) is 0 Å². The lowest BCUT2D eigenvalue weighted by Gasteiger charge is -2.03. The third-order valence-corrected chi connectivity index (χ3v) is 5.44. The molecular formula is C16H35OP. The molecule has 0 aliphatic heterocycles. The number of rotatable bonds is 14. The maximum Gasteiger partial charge on any atom is 0.0762 e. The second-order valence-corrected chi connectivity index (χ2v) is 7.65. The van der Waals surface area contributed by atoms with Crippen molar-refractivity contribution >= 4 is 7.80 Å². The Hall–Kier alpha value is 0.230. The second-order valence-electron chi connectivity index (χ2n) is 5.57. The van der Waals surface area contributed by atoms with Crippen LogP contribution >= 0.6 is 7.80 Å². The van der Waals surface area contributed by atoms with Gasteiger partial charge in [-0.25, -0.2) is 0 Å². The molecule has 0 aromatic rings. The Bertz CT molecular complexity index is 162. The first-order chi connectivity index (χ1) is 8.81. The minimum absolute atomic E-state index is 1.02. The minimum Gasteiger partial charge on any atom is -0.327 e. The number of hydrogen-bond donors (Lipinski definition) is 0. The van der Waals surface area contributed by atoms with Crippen molar-refractivity contribution in [3.63, 3.8) is 0 Å². The van der Waals surface area contributed by atoms with Crippen LogP contribution in [0.15, 0.2) is 0 Å². The zero-order chi connectivity index (χ0) is 13.5. The molecule has 0 heterocycles.